The molecule has 0 saturated heterocycles. The second-order valence-electron chi connectivity index (χ2n) is 5.42. The molecule has 2 N–H and O–H groups in total. The number of carbonyl (C=O) groups excluding carboxylic acids is 1. The summed E-state index contributed by atoms with van der Waals surface area (Å²) in [7, 11) is 0. The van der Waals surface area contributed by atoms with Gasteiger partial charge in [-0.25, -0.2) is 0 Å². The van der Waals surface area contributed by atoms with Crippen molar-refractivity contribution in [3.8, 4) is 0 Å². The van der Waals surface area contributed by atoms with E-state index in [1.165, 1.54) is 18.4 Å². The minimum absolute atomic E-state index is 0.153. The first-order valence-electron chi connectivity index (χ1n) is 7.29. The summed E-state index contributed by atoms with van der Waals surface area (Å²) in [6, 6.07) is 11.8. The smallest absolute Gasteiger partial charge is 0.273 e. The number of hydrogen-bond donors (Lipinski definition) is 2. The van der Waals surface area contributed by atoms with E-state index in [1.807, 2.05) is 18.2 Å². The Balaban J connectivity index is 1.44. The Morgan fingerprint density at radius 1 is 1.24 bits per heavy atom. The van der Waals surface area contributed by atoms with Crippen molar-refractivity contribution in [2.75, 3.05) is 6.54 Å². The Morgan fingerprint density at radius 2 is 2.05 bits per heavy atom. The Morgan fingerprint density at radius 3 is 2.81 bits per heavy atom. The molecule has 0 unspecified atom stereocenters. The third-order valence-corrected chi connectivity index (χ3v) is 3.51. The molecule has 0 aliphatic heterocycles. The zero-order chi connectivity index (χ0) is 14.5. The second kappa shape index (κ2) is 6.54. The first kappa shape index (κ1) is 13.8. The summed E-state index contributed by atoms with van der Waals surface area (Å²) >= 11 is 0. The van der Waals surface area contributed by atoms with Crippen molar-refractivity contribution >= 4 is 5.91 Å². The summed E-state index contributed by atoms with van der Waals surface area (Å²) in [6.45, 7) is 2.05. The summed E-state index contributed by atoms with van der Waals surface area (Å²) in [6.07, 6.45) is 2.43. The molecule has 1 aliphatic rings. The van der Waals surface area contributed by atoms with Gasteiger partial charge in [0.25, 0.3) is 5.91 Å². The molecule has 2 aromatic rings. The van der Waals surface area contributed by atoms with Gasteiger partial charge in [-0.2, -0.15) is 0 Å². The molecular formula is C16H19N3O2. The number of benzene rings is 1. The van der Waals surface area contributed by atoms with Gasteiger partial charge >= 0.3 is 0 Å². The normalized spacial score (nSPS) is 14.1. The van der Waals surface area contributed by atoms with Crippen molar-refractivity contribution in [3.63, 3.8) is 0 Å². The van der Waals surface area contributed by atoms with E-state index < -0.39 is 0 Å². The molecule has 3 rings (SSSR count). The fraction of sp³-hybridized carbons (Fsp3) is 0.375. The average molecular weight is 285 g/mol. The van der Waals surface area contributed by atoms with E-state index in [0.29, 0.717) is 23.9 Å². The number of carbonyl (C=O) groups is 1. The lowest BCUT2D eigenvalue weighted by atomic mass is 10.2. The van der Waals surface area contributed by atoms with Crippen LogP contribution in [0.5, 0.6) is 0 Å². The second-order valence-corrected chi connectivity index (χ2v) is 5.42. The summed E-state index contributed by atoms with van der Waals surface area (Å²) < 4.78 is 5.17. The fourth-order valence-corrected chi connectivity index (χ4v) is 2.08. The molecule has 21 heavy (non-hydrogen) atoms. The number of hydrogen-bond acceptors (Lipinski definition) is 4. The number of amides is 1. The van der Waals surface area contributed by atoms with Crippen LogP contribution in [-0.2, 0) is 13.1 Å². The van der Waals surface area contributed by atoms with E-state index in [1.54, 1.807) is 6.07 Å². The number of nitrogens with zero attached hydrogens (tertiary/aromatic N) is 1. The molecular weight excluding hydrogens is 266 g/mol. The van der Waals surface area contributed by atoms with Gasteiger partial charge < -0.3 is 15.2 Å². The van der Waals surface area contributed by atoms with E-state index in [0.717, 1.165) is 13.1 Å². The lowest BCUT2D eigenvalue weighted by Crippen LogP contribution is -2.25. The van der Waals surface area contributed by atoms with Crippen LogP contribution >= 0.6 is 0 Å². The number of rotatable bonds is 7. The van der Waals surface area contributed by atoms with Gasteiger partial charge in [0.15, 0.2) is 11.5 Å². The highest BCUT2D eigenvalue weighted by Gasteiger charge is 2.22. The van der Waals surface area contributed by atoms with E-state index >= 15 is 0 Å². The monoisotopic (exact) mass is 285 g/mol. The van der Waals surface area contributed by atoms with Gasteiger partial charge in [-0.15, -0.1) is 0 Å². The molecule has 0 radical (unpaired) electrons. The van der Waals surface area contributed by atoms with Crippen molar-refractivity contribution in [2.45, 2.75) is 25.9 Å². The first-order chi connectivity index (χ1) is 10.3. The molecule has 110 valence electrons. The molecule has 0 spiro atoms. The van der Waals surface area contributed by atoms with Gasteiger partial charge in [0.1, 0.15) is 0 Å². The van der Waals surface area contributed by atoms with E-state index in [-0.39, 0.29) is 5.91 Å². The van der Waals surface area contributed by atoms with Gasteiger partial charge in [-0.1, -0.05) is 35.5 Å². The highest BCUT2D eigenvalue weighted by Crippen LogP contribution is 2.27. The largest absolute Gasteiger partial charge is 0.359 e. The van der Waals surface area contributed by atoms with Gasteiger partial charge in [0, 0.05) is 19.2 Å². The standard InChI is InChI=1S/C16H19N3O2/c20-16(18-10-13-6-7-13)15-8-14(21-19-15)11-17-9-12-4-2-1-3-5-12/h1-5,8,13,17H,6-7,9-11H2,(H,18,20). The van der Waals surface area contributed by atoms with Crippen molar-refractivity contribution in [1.82, 2.24) is 15.8 Å². The average Bonchev–Trinajstić information content (AvgIpc) is 3.23. The van der Waals surface area contributed by atoms with Crippen LogP contribution in [0.15, 0.2) is 40.9 Å². The number of nitrogens with one attached hydrogen (secondary N) is 2. The molecule has 1 aliphatic carbocycles. The maximum absolute atomic E-state index is 11.8. The van der Waals surface area contributed by atoms with Crippen LogP contribution in [0, 0.1) is 5.92 Å². The summed E-state index contributed by atoms with van der Waals surface area (Å²) in [5.41, 5.74) is 1.56. The Bertz CT molecular complexity index is 591. The van der Waals surface area contributed by atoms with Crippen LogP contribution < -0.4 is 10.6 Å². The lowest BCUT2D eigenvalue weighted by molar-refractivity contribution is 0.0942. The van der Waals surface area contributed by atoms with E-state index in [4.69, 9.17) is 4.52 Å². The van der Waals surface area contributed by atoms with Crippen molar-refractivity contribution < 1.29 is 9.32 Å². The summed E-state index contributed by atoms with van der Waals surface area (Å²) in [5, 5.41) is 9.95. The zero-order valence-corrected chi connectivity index (χ0v) is 11.8. The molecule has 0 bridgehead atoms. The minimum atomic E-state index is -0.153. The molecule has 1 aromatic heterocycles. The van der Waals surface area contributed by atoms with Crippen LogP contribution in [0.1, 0.15) is 34.7 Å². The lowest BCUT2D eigenvalue weighted by Gasteiger charge is -2.01. The first-order valence-corrected chi connectivity index (χ1v) is 7.29. The molecule has 1 aromatic carbocycles. The number of aromatic nitrogens is 1. The molecule has 1 heterocycles. The van der Waals surface area contributed by atoms with E-state index in [2.05, 4.69) is 27.9 Å². The molecule has 1 saturated carbocycles. The molecule has 1 fully saturated rings. The fourth-order valence-electron chi connectivity index (χ4n) is 2.08. The van der Waals surface area contributed by atoms with E-state index in [9.17, 15) is 4.79 Å². The van der Waals surface area contributed by atoms with Gasteiger partial charge in [0.2, 0.25) is 0 Å². The summed E-state index contributed by atoms with van der Waals surface area (Å²) in [5.74, 6) is 1.18. The van der Waals surface area contributed by atoms with Crippen molar-refractivity contribution in [2.24, 2.45) is 5.92 Å². The minimum Gasteiger partial charge on any atom is -0.359 e. The SMILES string of the molecule is O=C(NCC1CC1)c1cc(CNCc2ccccc2)on1. The third kappa shape index (κ3) is 4.16. The van der Waals surface area contributed by atoms with Crippen molar-refractivity contribution in [1.29, 1.82) is 0 Å². The van der Waals surface area contributed by atoms with Crippen LogP contribution in [0.2, 0.25) is 0 Å². The van der Waals surface area contributed by atoms with Crippen molar-refractivity contribution in [3.05, 3.63) is 53.4 Å². The topological polar surface area (TPSA) is 67.2 Å². The Hall–Kier alpha value is -2.14. The molecule has 1 amide bonds. The van der Waals surface area contributed by atoms with Gasteiger partial charge in [-0.3, -0.25) is 4.79 Å². The predicted octanol–water partition coefficient (Wildman–Crippen LogP) is 2.10. The molecule has 0 atom stereocenters. The molecule has 5 heteroatoms. The quantitative estimate of drug-likeness (QED) is 0.817. The van der Waals surface area contributed by atoms with Crippen LogP contribution in [0.25, 0.3) is 0 Å². The zero-order valence-electron chi connectivity index (χ0n) is 11.8. The highest BCUT2D eigenvalue weighted by atomic mass is 16.5. The van der Waals surface area contributed by atoms with Crippen LogP contribution in [0.4, 0.5) is 0 Å². The predicted molar refractivity (Wildman–Crippen MR) is 78.5 cm³/mol. The summed E-state index contributed by atoms with van der Waals surface area (Å²) in [4.78, 5) is 11.8. The Kier molecular flexibility index (Phi) is 4.31. The Labute approximate surface area is 123 Å². The highest BCUT2D eigenvalue weighted by molar-refractivity contribution is 5.92. The van der Waals surface area contributed by atoms with Gasteiger partial charge in [0.05, 0.1) is 6.54 Å². The third-order valence-electron chi connectivity index (χ3n) is 3.51. The maximum Gasteiger partial charge on any atom is 0.273 e. The molecule has 5 nitrogen and oxygen atoms in total. The van der Waals surface area contributed by atoms with Gasteiger partial charge in [-0.05, 0) is 24.3 Å². The van der Waals surface area contributed by atoms with Crippen LogP contribution in [-0.4, -0.2) is 17.6 Å². The maximum atomic E-state index is 11.8. The van der Waals surface area contributed by atoms with Crippen LogP contribution in [0.3, 0.4) is 0 Å².